The molecule has 0 fully saturated rings. The van der Waals surface area contributed by atoms with Crippen LogP contribution >= 0.6 is 0 Å². The summed E-state index contributed by atoms with van der Waals surface area (Å²) in [6, 6.07) is 15.4. The lowest BCUT2D eigenvalue weighted by molar-refractivity contribution is -0.142. The number of nitrogens with zero attached hydrogens (tertiary/aromatic N) is 2. The van der Waals surface area contributed by atoms with E-state index >= 15 is 0 Å². The Morgan fingerprint density at radius 1 is 1.11 bits per heavy atom. The van der Waals surface area contributed by atoms with E-state index in [1.54, 1.807) is 48.8 Å². The molecule has 10 nitrogen and oxygen atoms in total. The van der Waals surface area contributed by atoms with Crippen LogP contribution in [0.2, 0.25) is 0 Å². The van der Waals surface area contributed by atoms with Gasteiger partial charge in [0.15, 0.2) is 0 Å². The van der Waals surface area contributed by atoms with Gasteiger partial charge in [0.25, 0.3) is 5.91 Å². The van der Waals surface area contributed by atoms with E-state index in [1.807, 2.05) is 12.1 Å². The van der Waals surface area contributed by atoms with E-state index in [0.717, 1.165) is 21.6 Å². The first-order chi connectivity index (χ1) is 17.3. The number of sulfonamides is 1. The Morgan fingerprint density at radius 3 is 2.53 bits per heavy atom. The lowest BCUT2D eigenvalue weighted by Gasteiger charge is -2.34. The Bertz CT molecular complexity index is 1340. The van der Waals surface area contributed by atoms with E-state index in [0.29, 0.717) is 24.3 Å². The Kier molecular flexibility index (Phi) is 7.63. The molecule has 0 aliphatic carbocycles. The highest BCUT2D eigenvalue weighted by molar-refractivity contribution is 7.89. The minimum absolute atomic E-state index is 0.0633. The van der Waals surface area contributed by atoms with Crippen molar-refractivity contribution in [3.63, 3.8) is 0 Å². The second-order valence-corrected chi connectivity index (χ2v) is 9.89. The number of ether oxygens (including phenoxy) is 2. The molecule has 1 atom stereocenters. The van der Waals surface area contributed by atoms with Crippen LogP contribution in [0, 0.1) is 0 Å². The van der Waals surface area contributed by atoms with Crippen molar-refractivity contribution in [2.24, 2.45) is 0 Å². The smallest absolute Gasteiger partial charge is 0.310 e. The molecule has 1 aliphatic rings. The number of aromatic nitrogens is 1. The van der Waals surface area contributed by atoms with Crippen LogP contribution in [-0.4, -0.2) is 47.9 Å². The normalized spacial score (nSPS) is 15.6. The molecule has 188 valence electrons. The summed E-state index contributed by atoms with van der Waals surface area (Å²) in [5.74, 6) is -0.538. The molecule has 2 heterocycles. The fourth-order valence-corrected chi connectivity index (χ4v) is 5.54. The molecule has 36 heavy (non-hydrogen) atoms. The molecule has 1 aliphatic heterocycles. The largest absolute Gasteiger partial charge is 0.466 e. The number of hydroxylamine groups is 1. The number of esters is 1. The summed E-state index contributed by atoms with van der Waals surface area (Å²) in [4.78, 5) is 28.1. The summed E-state index contributed by atoms with van der Waals surface area (Å²) < 4.78 is 38.5. The van der Waals surface area contributed by atoms with Gasteiger partial charge in [-0.05, 0) is 48.2 Å². The summed E-state index contributed by atoms with van der Waals surface area (Å²) in [5, 5.41) is 9.25. The molecule has 4 rings (SSSR count). The van der Waals surface area contributed by atoms with E-state index in [-0.39, 0.29) is 29.7 Å². The van der Waals surface area contributed by atoms with E-state index in [9.17, 15) is 23.2 Å². The number of carbonyl (C=O) groups excluding carboxylic acids is 2. The third-order valence-corrected chi connectivity index (χ3v) is 7.56. The summed E-state index contributed by atoms with van der Waals surface area (Å²) in [6.45, 7) is 2.12. The highest BCUT2D eigenvalue weighted by atomic mass is 32.2. The van der Waals surface area contributed by atoms with Crippen LogP contribution in [0.3, 0.4) is 0 Å². The number of carbonyl (C=O) groups is 2. The van der Waals surface area contributed by atoms with E-state index in [4.69, 9.17) is 9.47 Å². The van der Waals surface area contributed by atoms with E-state index in [2.05, 4.69) is 4.98 Å². The van der Waals surface area contributed by atoms with E-state index in [1.165, 1.54) is 12.1 Å². The van der Waals surface area contributed by atoms with Crippen LogP contribution in [0.1, 0.15) is 29.7 Å². The van der Waals surface area contributed by atoms with Gasteiger partial charge in [-0.3, -0.25) is 14.8 Å². The second kappa shape index (κ2) is 10.9. The monoisotopic (exact) mass is 511 g/mol. The number of nitrogens with one attached hydrogen (secondary N) is 1. The molecule has 0 bridgehead atoms. The van der Waals surface area contributed by atoms with Gasteiger partial charge in [0.05, 0.1) is 19.2 Å². The van der Waals surface area contributed by atoms with Crippen molar-refractivity contribution in [1.29, 1.82) is 0 Å². The van der Waals surface area contributed by atoms with Crippen molar-refractivity contribution in [3.05, 3.63) is 83.6 Å². The predicted octanol–water partition coefficient (Wildman–Crippen LogP) is 2.77. The minimum Gasteiger partial charge on any atom is -0.466 e. The first-order valence-electron chi connectivity index (χ1n) is 11.3. The number of fused-ring (bicyclic) bond motifs is 1. The van der Waals surface area contributed by atoms with Crippen LogP contribution in [0.15, 0.2) is 71.8 Å². The van der Waals surface area contributed by atoms with Gasteiger partial charge in [0.1, 0.15) is 16.7 Å². The molecular weight excluding hydrogens is 486 g/mol. The third-order valence-electron chi connectivity index (χ3n) is 5.71. The van der Waals surface area contributed by atoms with Crippen LogP contribution in [0.4, 0.5) is 0 Å². The third kappa shape index (κ3) is 5.38. The summed E-state index contributed by atoms with van der Waals surface area (Å²) in [6.07, 6.45) is 1.73. The Hall–Kier alpha value is -3.80. The lowest BCUT2D eigenvalue weighted by Crippen LogP contribution is -2.46. The first kappa shape index (κ1) is 25.3. The maximum Gasteiger partial charge on any atom is 0.310 e. The zero-order chi connectivity index (χ0) is 25.7. The lowest BCUT2D eigenvalue weighted by atomic mass is 9.94. The van der Waals surface area contributed by atoms with Crippen LogP contribution < -0.4 is 10.2 Å². The van der Waals surface area contributed by atoms with Gasteiger partial charge in [0.2, 0.25) is 15.9 Å². The van der Waals surface area contributed by atoms with Crippen LogP contribution in [0.5, 0.6) is 11.6 Å². The highest BCUT2D eigenvalue weighted by Crippen LogP contribution is 2.34. The van der Waals surface area contributed by atoms with Gasteiger partial charge in [-0.1, -0.05) is 36.4 Å². The standard InChI is InChI=1S/C25H25N3O7S/c1-2-34-23(29)15-17-7-9-19(10-8-17)35-22-12-11-20(16-26-22)36(32,33)28-14-13-18-5-3-4-6-21(18)24(28)25(30)27-31/h3-12,16,24,31H,2,13-15H2,1H3,(H,27,30). The maximum absolute atomic E-state index is 13.4. The fraction of sp³-hybridized carbons (Fsp3) is 0.240. The van der Waals surface area contributed by atoms with Crippen LogP contribution in [0.25, 0.3) is 0 Å². The summed E-state index contributed by atoms with van der Waals surface area (Å²) in [7, 11) is -4.12. The van der Waals surface area contributed by atoms with Crippen molar-refractivity contribution in [2.75, 3.05) is 13.2 Å². The molecule has 2 N–H and O–H groups in total. The maximum atomic E-state index is 13.4. The molecule has 0 radical (unpaired) electrons. The SMILES string of the molecule is CCOC(=O)Cc1ccc(Oc2ccc(S(=O)(=O)N3CCc4ccccc4C3C(=O)NO)cn2)cc1. The van der Waals surface area contributed by atoms with Crippen molar-refractivity contribution in [1.82, 2.24) is 14.8 Å². The number of benzene rings is 2. The van der Waals surface area contributed by atoms with Crippen molar-refractivity contribution < 1.29 is 32.7 Å². The van der Waals surface area contributed by atoms with Gasteiger partial charge < -0.3 is 9.47 Å². The molecule has 0 spiro atoms. The number of rotatable bonds is 8. The number of pyridine rings is 1. The zero-order valence-corrected chi connectivity index (χ0v) is 20.3. The molecular formula is C25H25N3O7S. The topological polar surface area (TPSA) is 135 Å². The van der Waals surface area contributed by atoms with Crippen molar-refractivity contribution in [2.45, 2.75) is 30.7 Å². The molecule has 1 aromatic heterocycles. The predicted molar refractivity (Wildman–Crippen MR) is 128 cm³/mol. The second-order valence-electron chi connectivity index (χ2n) is 8.00. The summed E-state index contributed by atoms with van der Waals surface area (Å²) >= 11 is 0. The fourth-order valence-electron chi connectivity index (χ4n) is 4.03. The van der Waals surface area contributed by atoms with E-state index < -0.39 is 22.0 Å². The van der Waals surface area contributed by atoms with Gasteiger partial charge in [0, 0.05) is 12.6 Å². The van der Waals surface area contributed by atoms with Gasteiger partial charge in [-0.15, -0.1) is 0 Å². The number of hydrogen-bond acceptors (Lipinski definition) is 8. The molecule has 0 saturated heterocycles. The van der Waals surface area contributed by atoms with Crippen LogP contribution in [-0.2, 0) is 37.2 Å². The quantitative estimate of drug-likeness (QED) is 0.268. The molecule has 1 amide bonds. The highest BCUT2D eigenvalue weighted by Gasteiger charge is 2.40. The Balaban J connectivity index is 1.50. The molecule has 3 aromatic rings. The average Bonchev–Trinajstić information content (AvgIpc) is 2.89. The van der Waals surface area contributed by atoms with Gasteiger partial charge in [-0.25, -0.2) is 18.9 Å². The van der Waals surface area contributed by atoms with Crippen molar-refractivity contribution in [3.8, 4) is 11.6 Å². The minimum atomic E-state index is -4.12. The van der Waals surface area contributed by atoms with Crippen molar-refractivity contribution >= 4 is 21.9 Å². The average molecular weight is 512 g/mol. The number of amides is 1. The Labute approximate surface area is 208 Å². The Morgan fingerprint density at radius 2 is 1.86 bits per heavy atom. The molecule has 1 unspecified atom stereocenters. The summed E-state index contributed by atoms with van der Waals surface area (Å²) in [5.41, 5.74) is 3.70. The molecule has 11 heteroatoms. The molecule has 0 saturated carbocycles. The zero-order valence-electron chi connectivity index (χ0n) is 19.5. The number of hydrogen-bond donors (Lipinski definition) is 2. The molecule has 2 aromatic carbocycles. The first-order valence-corrected chi connectivity index (χ1v) is 12.7. The van der Waals surface area contributed by atoms with Gasteiger partial charge in [-0.2, -0.15) is 4.31 Å². The van der Waals surface area contributed by atoms with Gasteiger partial charge >= 0.3 is 5.97 Å².